The van der Waals surface area contributed by atoms with Crippen LogP contribution in [0.2, 0.25) is 0 Å². The lowest BCUT2D eigenvalue weighted by Gasteiger charge is -2.11. The fourth-order valence-corrected chi connectivity index (χ4v) is 3.70. The molecular weight excluding hydrogens is 440 g/mol. The second-order valence-corrected chi connectivity index (χ2v) is 7.54. The van der Waals surface area contributed by atoms with E-state index in [1.807, 2.05) is 13.8 Å². The van der Waals surface area contributed by atoms with Gasteiger partial charge in [0, 0.05) is 23.9 Å². The Morgan fingerprint density at radius 3 is 2.68 bits per heavy atom. The van der Waals surface area contributed by atoms with E-state index in [0.717, 1.165) is 11.3 Å². The van der Waals surface area contributed by atoms with Gasteiger partial charge in [-0.25, -0.2) is 9.50 Å². The molecule has 4 aromatic rings. The molecule has 12 nitrogen and oxygen atoms in total. The summed E-state index contributed by atoms with van der Waals surface area (Å²) < 4.78 is 12.2. The van der Waals surface area contributed by atoms with E-state index in [-0.39, 0.29) is 23.8 Å². The molecular formula is C22H24N8O4. The normalized spacial score (nSPS) is 10.9. The highest BCUT2D eigenvalue weighted by Gasteiger charge is 2.18. The van der Waals surface area contributed by atoms with Gasteiger partial charge < -0.3 is 15.2 Å². The molecule has 0 aliphatic carbocycles. The van der Waals surface area contributed by atoms with Crippen LogP contribution in [0.4, 0.5) is 5.95 Å². The Hall–Kier alpha value is -4.48. The number of hydrogen-bond acceptors (Lipinski definition) is 8. The fourth-order valence-electron chi connectivity index (χ4n) is 3.70. The molecule has 0 unspecified atom stereocenters. The summed E-state index contributed by atoms with van der Waals surface area (Å²) in [5.41, 5.74) is 9.07. The molecule has 34 heavy (non-hydrogen) atoms. The topological polar surface area (TPSA) is 162 Å². The standard InChI is InChI=1S/C22H24N8O4/c1-11-14(12(2)30-21(25-11)16(10-24-30)19(23)32)7-8-18(31)26-22-27-20(28-29-22)15-6-5-13(33-3)9-17(15)34-4/h5-6,9-10H,7-8H2,1-4H3,(H2,23,32)(H2,26,27,28,29,31). The Labute approximate surface area is 194 Å². The van der Waals surface area contributed by atoms with Gasteiger partial charge in [0.25, 0.3) is 5.91 Å². The molecule has 0 saturated heterocycles. The number of aromatic nitrogens is 6. The number of rotatable bonds is 8. The van der Waals surface area contributed by atoms with Gasteiger partial charge in [0.05, 0.1) is 26.0 Å². The van der Waals surface area contributed by atoms with Gasteiger partial charge in [0.2, 0.25) is 11.9 Å². The van der Waals surface area contributed by atoms with Gasteiger partial charge in [0.1, 0.15) is 17.1 Å². The van der Waals surface area contributed by atoms with Gasteiger partial charge in [-0.2, -0.15) is 10.1 Å². The van der Waals surface area contributed by atoms with Crippen LogP contribution in [0.15, 0.2) is 24.4 Å². The van der Waals surface area contributed by atoms with Crippen molar-refractivity contribution in [3.8, 4) is 22.9 Å². The summed E-state index contributed by atoms with van der Waals surface area (Å²) in [4.78, 5) is 33.0. The summed E-state index contributed by atoms with van der Waals surface area (Å²) >= 11 is 0. The minimum atomic E-state index is -0.591. The predicted octanol–water partition coefficient (Wildman–Crippen LogP) is 1.82. The molecule has 1 aromatic carbocycles. The number of benzene rings is 1. The van der Waals surface area contributed by atoms with Crippen molar-refractivity contribution in [1.29, 1.82) is 0 Å². The van der Waals surface area contributed by atoms with Crippen molar-refractivity contribution in [2.75, 3.05) is 19.5 Å². The van der Waals surface area contributed by atoms with Crippen LogP contribution < -0.4 is 20.5 Å². The fraction of sp³-hybridized carbons (Fsp3) is 0.273. The number of carbonyl (C=O) groups excluding carboxylic acids is 2. The average molecular weight is 464 g/mol. The molecule has 3 heterocycles. The maximum Gasteiger partial charge on any atom is 0.254 e. The maximum absolute atomic E-state index is 12.6. The van der Waals surface area contributed by atoms with Crippen LogP contribution in [0.5, 0.6) is 11.5 Å². The molecule has 4 rings (SSSR count). The van der Waals surface area contributed by atoms with Crippen LogP contribution in [0, 0.1) is 13.8 Å². The number of amides is 2. The first kappa shape index (κ1) is 22.7. The SMILES string of the molecule is COc1ccc(-c2nc(NC(=O)CCc3c(C)nc4c(C(N)=O)cnn4c3C)n[nH]2)c(OC)c1. The van der Waals surface area contributed by atoms with Gasteiger partial charge in [0.15, 0.2) is 11.5 Å². The molecule has 0 aliphatic heterocycles. The van der Waals surface area contributed by atoms with Crippen LogP contribution in [-0.4, -0.2) is 55.8 Å². The average Bonchev–Trinajstić information content (AvgIpc) is 3.45. The smallest absolute Gasteiger partial charge is 0.254 e. The Morgan fingerprint density at radius 1 is 1.18 bits per heavy atom. The third-order valence-corrected chi connectivity index (χ3v) is 5.48. The first-order valence-electron chi connectivity index (χ1n) is 10.4. The first-order valence-corrected chi connectivity index (χ1v) is 10.4. The highest BCUT2D eigenvalue weighted by molar-refractivity contribution is 5.98. The van der Waals surface area contributed by atoms with E-state index in [2.05, 4.69) is 30.6 Å². The van der Waals surface area contributed by atoms with Crippen molar-refractivity contribution in [2.45, 2.75) is 26.7 Å². The zero-order chi connectivity index (χ0) is 24.4. The molecule has 0 radical (unpaired) electrons. The first-order chi connectivity index (χ1) is 16.3. The number of carbonyl (C=O) groups is 2. The number of H-pyrrole nitrogens is 1. The Bertz CT molecular complexity index is 1390. The summed E-state index contributed by atoms with van der Waals surface area (Å²) in [7, 11) is 3.12. The maximum atomic E-state index is 12.6. The number of methoxy groups -OCH3 is 2. The number of anilines is 1. The summed E-state index contributed by atoms with van der Waals surface area (Å²) in [6.07, 6.45) is 1.99. The van der Waals surface area contributed by atoms with Crippen LogP contribution >= 0.6 is 0 Å². The van der Waals surface area contributed by atoms with Gasteiger partial charge in [-0.05, 0) is 38.0 Å². The quantitative estimate of drug-likeness (QED) is 0.355. The Kier molecular flexibility index (Phi) is 6.13. The highest BCUT2D eigenvalue weighted by Crippen LogP contribution is 2.31. The second kappa shape index (κ2) is 9.17. The third-order valence-electron chi connectivity index (χ3n) is 5.48. The van der Waals surface area contributed by atoms with Crippen molar-refractivity contribution >= 4 is 23.4 Å². The molecule has 0 aliphatic rings. The minimum absolute atomic E-state index is 0.151. The number of aromatic amines is 1. The molecule has 0 saturated carbocycles. The van der Waals surface area contributed by atoms with E-state index in [1.54, 1.807) is 36.9 Å². The van der Waals surface area contributed by atoms with Crippen molar-refractivity contribution in [3.63, 3.8) is 0 Å². The number of nitrogens with zero attached hydrogens (tertiary/aromatic N) is 5. The van der Waals surface area contributed by atoms with Crippen LogP contribution in [0.1, 0.15) is 33.7 Å². The lowest BCUT2D eigenvalue weighted by Crippen LogP contribution is -2.16. The van der Waals surface area contributed by atoms with Crippen LogP contribution in [0.25, 0.3) is 17.0 Å². The zero-order valence-corrected chi connectivity index (χ0v) is 19.2. The Morgan fingerprint density at radius 2 is 1.97 bits per heavy atom. The molecule has 0 atom stereocenters. The predicted molar refractivity (Wildman–Crippen MR) is 123 cm³/mol. The van der Waals surface area contributed by atoms with Crippen LogP contribution in [0.3, 0.4) is 0 Å². The van der Waals surface area contributed by atoms with Gasteiger partial charge >= 0.3 is 0 Å². The summed E-state index contributed by atoms with van der Waals surface area (Å²) in [5.74, 6) is 0.947. The van der Waals surface area contributed by atoms with Gasteiger partial charge in [-0.3, -0.25) is 20.0 Å². The van der Waals surface area contributed by atoms with E-state index in [0.29, 0.717) is 40.6 Å². The molecule has 0 fully saturated rings. The molecule has 3 aromatic heterocycles. The van der Waals surface area contributed by atoms with E-state index in [9.17, 15) is 9.59 Å². The summed E-state index contributed by atoms with van der Waals surface area (Å²) in [6.45, 7) is 3.68. The number of nitrogens with one attached hydrogen (secondary N) is 2. The summed E-state index contributed by atoms with van der Waals surface area (Å²) in [5, 5.41) is 13.8. The van der Waals surface area contributed by atoms with Gasteiger partial charge in [-0.1, -0.05) is 0 Å². The third kappa shape index (κ3) is 4.25. The lowest BCUT2D eigenvalue weighted by atomic mass is 10.1. The molecule has 12 heteroatoms. The minimum Gasteiger partial charge on any atom is -0.497 e. The largest absolute Gasteiger partial charge is 0.497 e. The van der Waals surface area contributed by atoms with Crippen molar-refractivity contribution in [1.82, 2.24) is 29.8 Å². The highest BCUT2D eigenvalue weighted by atomic mass is 16.5. The molecule has 176 valence electrons. The second-order valence-electron chi connectivity index (χ2n) is 7.54. The van der Waals surface area contributed by atoms with Crippen molar-refractivity contribution < 1.29 is 19.1 Å². The number of aryl methyl sites for hydroxylation is 2. The van der Waals surface area contributed by atoms with Crippen molar-refractivity contribution in [2.24, 2.45) is 5.73 Å². The molecule has 0 spiro atoms. The van der Waals surface area contributed by atoms with E-state index in [1.165, 1.54) is 6.20 Å². The lowest BCUT2D eigenvalue weighted by molar-refractivity contribution is -0.116. The summed E-state index contributed by atoms with van der Waals surface area (Å²) in [6, 6.07) is 5.30. The molecule has 2 amide bonds. The number of hydrogen-bond donors (Lipinski definition) is 3. The zero-order valence-electron chi connectivity index (χ0n) is 19.2. The molecule has 4 N–H and O–H groups in total. The van der Waals surface area contributed by atoms with E-state index < -0.39 is 5.91 Å². The number of primary amides is 1. The number of ether oxygens (including phenoxy) is 2. The monoisotopic (exact) mass is 464 g/mol. The van der Waals surface area contributed by atoms with E-state index >= 15 is 0 Å². The molecule has 0 bridgehead atoms. The number of nitrogens with two attached hydrogens (primary N) is 1. The van der Waals surface area contributed by atoms with Crippen molar-refractivity contribution in [3.05, 3.63) is 46.9 Å². The Balaban J connectivity index is 1.46. The van der Waals surface area contributed by atoms with E-state index in [4.69, 9.17) is 15.2 Å². The van der Waals surface area contributed by atoms with Gasteiger partial charge in [-0.15, -0.1) is 5.10 Å². The van der Waals surface area contributed by atoms with Crippen LogP contribution in [-0.2, 0) is 11.2 Å². The number of fused-ring (bicyclic) bond motifs is 1.